The van der Waals surface area contributed by atoms with Crippen molar-refractivity contribution in [3.63, 3.8) is 0 Å². The van der Waals surface area contributed by atoms with E-state index in [9.17, 15) is 9.90 Å². The van der Waals surface area contributed by atoms with Gasteiger partial charge in [-0.1, -0.05) is 27.2 Å². The van der Waals surface area contributed by atoms with E-state index in [1.807, 2.05) is 0 Å². The molecule has 7 heteroatoms. The van der Waals surface area contributed by atoms with Crippen molar-refractivity contribution in [3.8, 4) is 6.07 Å². The van der Waals surface area contributed by atoms with Crippen LogP contribution in [0.5, 0.6) is 0 Å². The molecule has 0 heterocycles. The summed E-state index contributed by atoms with van der Waals surface area (Å²) in [6, 6.07) is 2.26. The van der Waals surface area contributed by atoms with E-state index >= 15 is 0 Å². The molecule has 0 aromatic heterocycles. The van der Waals surface area contributed by atoms with E-state index in [0.717, 1.165) is 12.8 Å². The van der Waals surface area contributed by atoms with Crippen molar-refractivity contribution < 1.29 is 19.4 Å². The van der Waals surface area contributed by atoms with Crippen molar-refractivity contribution in [1.82, 2.24) is 5.32 Å². The molecular weight excluding hydrogens is 324 g/mol. The molecule has 4 atom stereocenters. The Labute approximate surface area is 148 Å². The fraction of sp³-hybridized carbons (Fsp3) is 0.882. The van der Waals surface area contributed by atoms with Crippen LogP contribution in [0.25, 0.3) is 0 Å². The second-order valence-corrected chi connectivity index (χ2v) is 11.6. The third-order valence-electron chi connectivity index (χ3n) is 3.51. The lowest BCUT2D eigenvalue weighted by Gasteiger charge is -2.25. The molecule has 0 saturated heterocycles. The number of rotatable bonds is 9. The van der Waals surface area contributed by atoms with Crippen LogP contribution in [0.4, 0.5) is 0 Å². The third-order valence-corrected chi connectivity index (χ3v) is 4.47. The summed E-state index contributed by atoms with van der Waals surface area (Å²) in [5.41, 5.74) is 0. The number of amides is 1. The Balaban J connectivity index is 0. The van der Waals surface area contributed by atoms with Crippen LogP contribution in [0, 0.1) is 23.2 Å². The summed E-state index contributed by atoms with van der Waals surface area (Å²) in [5, 5.41) is 29.0. The summed E-state index contributed by atoms with van der Waals surface area (Å²) < 4.78 is 5.78. The molecule has 0 bridgehead atoms. The van der Waals surface area contributed by atoms with Gasteiger partial charge in [0.1, 0.15) is 12.2 Å². The van der Waals surface area contributed by atoms with Gasteiger partial charge in [0, 0.05) is 13.7 Å². The average Bonchev–Trinajstić information content (AvgIpc) is 2.51. The normalized spacial score (nSPS) is 16.0. The smallest absolute Gasteiger partial charge is 0.248 e. The van der Waals surface area contributed by atoms with Gasteiger partial charge in [-0.05, 0) is 44.3 Å². The van der Waals surface area contributed by atoms with Gasteiger partial charge in [-0.3, -0.25) is 4.79 Å². The summed E-state index contributed by atoms with van der Waals surface area (Å²) in [6.07, 6.45) is 1.42. The van der Waals surface area contributed by atoms with Crippen LogP contribution in [0.1, 0.15) is 40.0 Å². The molecule has 0 saturated carbocycles. The van der Waals surface area contributed by atoms with Crippen LogP contribution in [0.3, 0.4) is 0 Å². The number of nitrogens with zero attached hydrogens (tertiary/aromatic N) is 1. The maximum absolute atomic E-state index is 10.8. The quantitative estimate of drug-likeness (QED) is 0.547. The zero-order valence-corrected chi connectivity index (χ0v) is 17.3. The van der Waals surface area contributed by atoms with Crippen LogP contribution in [-0.4, -0.2) is 50.3 Å². The Kier molecular flexibility index (Phi) is 14.1. The van der Waals surface area contributed by atoms with E-state index in [1.54, 1.807) is 6.92 Å². The maximum Gasteiger partial charge on any atom is 0.248 e. The molecule has 4 unspecified atom stereocenters. The molecule has 0 spiro atoms. The average molecular weight is 361 g/mol. The first-order valence-electron chi connectivity index (χ1n) is 8.61. The van der Waals surface area contributed by atoms with Gasteiger partial charge in [0.05, 0.1) is 6.07 Å². The van der Waals surface area contributed by atoms with Crippen molar-refractivity contribution in [2.75, 3.05) is 13.7 Å². The van der Waals surface area contributed by atoms with Crippen LogP contribution in [-0.2, 0) is 9.22 Å². The lowest BCUT2D eigenvalue weighted by atomic mass is 10.0. The van der Waals surface area contributed by atoms with E-state index in [4.69, 9.17) is 14.8 Å². The fourth-order valence-corrected chi connectivity index (χ4v) is 3.07. The van der Waals surface area contributed by atoms with Crippen LogP contribution in [0.15, 0.2) is 0 Å². The molecule has 142 valence electrons. The van der Waals surface area contributed by atoms with Crippen molar-refractivity contribution in [1.29, 1.82) is 5.26 Å². The first-order chi connectivity index (χ1) is 11.0. The van der Waals surface area contributed by atoms with Crippen LogP contribution < -0.4 is 5.32 Å². The van der Waals surface area contributed by atoms with Crippen molar-refractivity contribution in [2.45, 2.75) is 71.9 Å². The topological polar surface area (TPSA) is 103 Å². The van der Waals surface area contributed by atoms with Crippen LogP contribution >= 0.6 is 0 Å². The third kappa shape index (κ3) is 12.5. The van der Waals surface area contributed by atoms with Gasteiger partial charge in [-0.25, -0.2) is 0 Å². The molecule has 6 nitrogen and oxygen atoms in total. The fourth-order valence-electron chi connectivity index (χ4n) is 2.03. The molecule has 3 N–H and O–H groups in total. The van der Waals surface area contributed by atoms with Gasteiger partial charge >= 0.3 is 0 Å². The minimum absolute atomic E-state index is 0.00474. The second kappa shape index (κ2) is 13.4. The summed E-state index contributed by atoms with van der Waals surface area (Å²) in [4.78, 5) is 10.8. The SMILES string of the molecule is CCCC(C)C(C#N)O[Si](C)(C)C.CNC(=O)C(O)C(C)CCO. The van der Waals surface area contributed by atoms with Crippen molar-refractivity contribution >= 4 is 14.2 Å². The Morgan fingerprint density at radius 1 is 1.25 bits per heavy atom. The Hall–Kier alpha value is -0.943. The van der Waals surface area contributed by atoms with E-state index in [0.29, 0.717) is 12.3 Å². The standard InChI is InChI=1S/C10H21NOSi.C7H15NO3/c1-6-7-9(2)10(8-11)12-13(3,4)5;1-5(3-4-9)6(10)7(11)8-2/h9-10H,6-7H2,1-5H3;5-6,9-10H,3-4H2,1-2H3,(H,8,11). The second-order valence-electron chi connectivity index (χ2n) is 7.09. The molecule has 1 amide bonds. The van der Waals surface area contributed by atoms with E-state index in [2.05, 4.69) is 44.9 Å². The zero-order valence-electron chi connectivity index (χ0n) is 16.3. The zero-order chi connectivity index (χ0) is 19.3. The molecule has 0 aromatic rings. The van der Waals surface area contributed by atoms with Crippen molar-refractivity contribution in [3.05, 3.63) is 0 Å². The number of aliphatic hydroxyl groups is 2. The van der Waals surface area contributed by atoms with E-state index in [-0.39, 0.29) is 18.6 Å². The molecule has 0 aliphatic rings. The highest BCUT2D eigenvalue weighted by molar-refractivity contribution is 6.69. The summed E-state index contributed by atoms with van der Waals surface area (Å²) in [5.74, 6) is -0.229. The molecule has 0 rings (SSSR count). The number of nitriles is 1. The summed E-state index contributed by atoms with van der Waals surface area (Å²) in [6.45, 7) is 12.3. The molecular formula is C17H36N2O4Si. The molecule has 0 fully saturated rings. The lowest BCUT2D eigenvalue weighted by molar-refractivity contribution is -0.131. The van der Waals surface area contributed by atoms with Crippen molar-refractivity contribution in [2.24, 2.45) is 11.8 Å². The monoisotopic (exact) mass is 360 g/mol. The van der Waals surface area contributed by atoms with Gasteiger partial charge in [-0.2, -0.15) is 5.26 Å². The highest BCUT2D eigenvalue weighted by Crippen LogP contribution is 2.17. The molecule has 0 radical (unpaired) electrons. The number of carbonyl (C=O) groups excluding carboxylic acids is 1. The van der Waals surface area contributed by atoms with Crippen LogP contribution in [0.2, 0.25) is 19.6 Å². The number of hydrogen-bond donors (Lipinski definition) is 3. The van der Waals surface area contributed by atoms with Gasteiger partial charge in [0.25, 0.3) is 0 Å². The summed E-state index contributed by atoms with van der Waals surface area (Å²) >= 11 is 0. The highest BCUT2D eigenvalue weighted by Gasteiger charge is 2.24. The molecule has 0 aromatic carbocycles. The molecule has 0 aliphatic heterocycles. The minimum Gasteiger partial charge on any atom is -0.402 e. The predicted octanol–water partition coefficient (Wildman–Crippen LogP) is 2.28. The van der Waals surface area contributed by atoms with Gasteiger partial charge in [-0.15, -0.1) is 0 Å². The van der Waals surface area contributed by atoms with E-state index in [1.165, 1.54) is 7.05 Å². The number of carbonyl (C=O) groups is 1. The van der Waals surface area contributed by atoms with E-state index < -0.39 is 20.3 Å². The molecule has 0 aliphatic carbocycles. The Morgan fingerprint density at radius 2 is 1.79 bits per heavy atom. The number of nitrogens with one attached hydrogen (secondary N) is 1. The minimum atomic E-state index is -1.56. The summed E-state index contributed by atoms with van der Waals surface area (Å²) in [7, 11) is -0.0861. The predicted molar refractivity (Wildman–Crippen MR) is 98.8 cm³/mol. The number of hydrogen-bond acceptors (Lipinski definition) is 5. The number of aliphatic hydroxyl groups excluding tert-OH is 2. The Bertz CT molecular complexity index is 380. The maximum atomic E-state index is 10.8. The molecule has 24 heavy (non-hydrogen) atoms. The first-order valence-corrected chi connectivity index (χ1v) is 12.0. The first kappa shape index (κ1) is 25.3. The van der Waals surface area contributed by atoms with Gasteiger partial charge in [0.2, 0.25) is 5.91 Å². The Morgan fingerprint density at radius 3 is 2.12 bits per heavy atom. The van der Waals surface area contributed by atoms with Gasteiger partial charge in [0.15, 0.2) is 8.32 Å². The lowest BCUT2D eigenvalue weighted by Crippen LogP contribution is -2.36. The largest absolute Gasteiger partial charge is 0.402 e. The highest BCUT2D eigenvalue weighted by atomic mass is 28.4. The van der Waals surface area contributed by atoms with Gasteiger partial charge < -0.3 is 20.0 Å². The number of likely N-dealkylation sites (N-methyl/N-ethyl adjacent to an activating group) is 1.